The number of amides is 1. The maximum Gasteiger partial charge on any atom is 0.418 e. The van der Waals surface area contributed by atoms with Crippen molar-refractivity contribution in [1.29, 1.82) is 0 Å². The summed E-state index contributed by atoms with van der Waals surface area (Å²) in [6, 6.07) is 4.80. The normalized spacial score (nSPS) is 12.4. The van der Waals surface area contributed by atoms with E-state index in [0.717, 1.165) is 41.2 Å². The van der Waals surface area contributed by atoms with E-state index < -0.39 is 29.4 Å². The average Bonchev–Trinajstić information content (AvgIpc) is 3.04. The van der Waals surface area contributed by atoms with Gasteiger partial charge in [0.2, 0.25) is 5.91 Å². The van der Waals surface area contributed by atoms with Crippen molar-refractivity contribution in [2.24, 2.45) is 0 Å². The number of carbonyl (C=O) groups excluding carboxylic acids is 1. The molecule has 0 saturated heterocycles. The van der Waals surface area contributed by atoms with Gasteiger partial charge < -0.3 is 5.32 Å². The van der Waals surface area contributed by atoms with Crippen LogP contribution in [0.5, 0.6) is 0 Å². The number of imidazole rings is 1. The standard InChI is InChI=1S/C19H10Cl2F6N4O/c20-16-17(21)31(9-29-16)14-5-3-12(7-13(14)19(25,26)27)30-15(32)6-4-11-2-1-10(8-28-11)18(22,23)24/h1-9H,(H,30,32)/b6-4+. The van der Waals surface area contributed by atoms with Crippen molar-refractivity contribution in [3.05, 3.63) is 76.1 Å². The van der Waals surface area contributed by atoms with Gasteiger partial charge in [-0.3, -0.25) is 14.3 Å². The van der Waals surface area contributed by atoms with Crippen molar-refractivity contribution >= 4 is 40.9 Å². The van der Waals surface area contributed by atoms with E-state index in [1.165, 1.54) is 6.07 Å². The van der Waals surface area contributed by atoms with Gasteiger partial charge in [-0.1, -0.05) is 23.2 Å². The molecule has 3 rings (SSSR count). The molecule has 1 N–H and O–H groups in total. The Morgan fingerprint density at radius 2 is 1.72 bits per heavy atom. The van der Waals surface area contributed by atoms with Crippen molar-refractivity contribution < 1.29 is 31.1 Å². The largest absolute Gasteiger partial charge is 0.418 e. The van der Waals surface area contributed by atoms with Gasteiger partial charge in [0.05, 0.1) is 22.5 Å². The summed E-state index contributed by atoms with van der Waals surface area (Å²) in [6.45, 7) is 0. The molecule has 5 nitrogen and oxygen atoms in total. The van der Waals surface area contributed by atoms with Gasteiger partial charge in [-0.25, -0.2) is 4.98 Å². The lowest BCUT2D eigenvalue weighted by Gasteiger charge is -2.15. The molecular weight excluding hydrogens is 485 g/mol. The summed E-state index contributed by atoms with van der Waals surface area (Å²) in [4.78, 5) is 19.2. The first-order chi connectivity index (χ1) is 14.9. The smallest absolute Gasteiger partial charge is 0.322 e. The van der Waals surface area contributed by atoms with Crippen molar-refractivity contribution in [1.82, 2.24) is 14.5 Å². The van der Waals surface area contributed by atoms with Crippen molar-refractivity contribution in [3.8, 4) is 5.69 Å². The maximum absolute atomic E-state index is 13.6. The molecule has 1 aromatic carbocycles. The van der Waals surface area contributed by atoms with Crippen LogP contribution in [-0.4, -0.2) is 20.4 Å². The SMILES string of the molecule is O=C(/C=C/c1ccc(C(F)(F)F)cn1)Nc1ccc(-n2cnc(Cl)c2Cl)c(C(F)(F)F)c1. The van der Waals surface area contributed by atoms with Gasteiger partial charge in [0.1, 0.15) is 6.33 Å². The summed E-state index contributed by atoms with van der Waals surface area (Å²) in [5, 5.41) is 1.84. The Balaban J connectivity index is 1.80. The molecule has 0 spiro atoms. The van der Waals surface area contributed by atoms with Gasteiger partial charge in [-0.2, -0.15) is 26.3 Å². The molecule has 0 fully saturated rings. The van der Waals surface area contributed by atoms with Crippen molar-refractivity contribution in [3.63, 3.8) is 0 Å². The third kappa shape index (κ3) is 5.40. The number of rotatable bonds is 4. The van der Waals surface area contributed by atoms with E-state index in [1.807, 2.05) is 0 Å². The second-order valence-electron chi connectivity index (χ2n) is 6.22. The van der Waals surface area contributed by atoms with Crippen LogP contribution in [0.25, 0.3) is 11.8 Å². The van der Waals surface area contributed by atoms with Gasteiger partial charge in [-0.05, 0) is 36.4 Å². The lowest BCUT2D eigenvalue weighted by Crippen LogP contribution is -2.13. The van der Waals surface area contributed by atoms with Crippen LogP contribution >= 0.6 is 23.2 Å². The zero-order valence-electron chi connectivity index (χ0n) is 15.5. The zero-order chi connectivity index (χ0) is 23.7. The number of hydrogen-bond acceptors (Lipinski definition) is 3. The summed E-state index contributed by atoms with van der Waals surface area (Å²) >= 11 is 11.6. The first-order valence-electron chi connectivity index (χ1n) is 8.48. The number of pyridine rings is 1. The molecule has 32 heavy (non-hydrogen) atoms. The molecule has 0 saturated carbocycles. The number of hydrogen-bond donors (Lipinski definition) is 1. The van der Waals surface area contributed by atoms with E-state index in [9.17, 15) is 31.1 Å². The molecule has 2 aromatic heterocycles. The molecule has 2 heterocycles. The predicted molar refractivity (Wildman–Crippen MR) is 105 cm³/mol. The van der Waals surface area contributed by atoms with E-state index in [1.54, 1.807) is 0 Å². The molecule has 0 unspecified atom stereocenters. The number of aromatic nitrogens is 3. The van der Waals surface area contributed by atoms with E-state index in [2.05, 4.69) is 15.3 Å². The first-order valence-corrected chi connectivity index (χ1v) is 9.24. The van der Waals surface area contributed by atoms with Crippen LogP contribution in [-0.2, 0) is 17.1 Å². The summed E-state index contributed by atoms with van der Waals surface area (Å²) < 4.78 is 79.2. The monoisotopic (exact) mass is 494 g/mol. The fourth-order valence-corrected chi connectivity index (χ4v) is 2.87. The Labute approximate surface area is 186 Å². The summed E-state index contributed by atoms with van der Waals surface area (Å²) in [7, 11) is 0. The minimum Gasteiger partial charge on any atom is -0.322 e. The second-order valence-corrected chi connectivity index (χ2v) is 6.93. The molecule has 3 aromatic rings. The van der Waals surface area contributed by atoms with E-state index in [0.29, 0.717) is 12.3 Å². The maximum atomic E-state index is 13.6. The number of benzene rings is 1. The Morgan fingerprint density at radius 1 is 1.00 bits per heavy atom. The highest BCUT2D eigenvalue weighted by atomic mass is 35.5. The summed E-state index contributed by atoms with van der Waals surface area (Å²) in [5.74, 6) is -0.823. The number of anilines is 1. The molecule has 0 bridgehead atoms. The first kappa shape index (κ1) is 23.6. The molecule has 0 aliphatic rings. The highest BCUT2D eigenvalue weighted by Gasteiger charge is 2.35. The number of nitrogens with one attached hydrogen (secondary N) is 1. The fourth-order valence-electron chi connectivity index (χ4n) is 2.55. The van der Waals surface area contributed by atoms with Gasteiger partial charge in [-0.15, -0.1) is 0 Å². The van der Waals surface area contributed by atoms with Crippen LogP contribution < -0.4 is 5.32 Å². The number of carbonyl (C=O) groups is 1. The lowest BCUT2D eigenvalue weighted by molar-refractivity contribution is -0.138. The second kappa shape index (κ2) is 8.83. The average molecular weight is 495 g/mol. The number of alkyl halides is 6. The molecule has 168 valence electrons. The van der Waals surface area contributed by atoms with Crippen LogP contribution in [0.15, 0.2) is 48.9 Å². The molecule has 13 heteroatoms. The molecule has 0 aliphatic heterocycles. The Hall–Kier alpha value is -3.05. The highest BCUT2D eigenvalue weighted by Crippen LogP contribution is 2.37. The van der Waals surface area contributed by atoms with E-state index in [-0.39, 0.29) is 27.4 Å². The summed E-state index contributed by atoms with van der Waals surface area (Å²) in [5.41, 5.74) is -2.56. The molecule has 1 amide bonds. The van der Waals surface area contributed by atoms with Crippen molar-refractivity contribution in [2.75, 3.05) is 5.32 Å². The third-order valence-electron chi connectivity index (χ3n) is 4.02. The fraction of sp³-hybridized carbons (Fsp3) is 0.105. The quantitative estimate of drug-likeness (QED) is 0.343. The van der Waals surface area contributed by atoms with Crippen LogP contribution in [0, 0.1) is 0 Å². The summed E-state index contributed by atoms with van der Waals surface area (Å²) in [6.07, 6.45) is -5.70. The minimum atomic E-state index is -4.80. The van der Waals surface area contributed by atoms with E-state index in [4.69, 9.17) is 23.2 Å². The van der Waals surface area contributed by atoms with Crippen molar-refractivity contribution in [2.45, 2.75) is 12.4 Å². The van der Waals surface area contributed by atoms with E-state index >= 15 is 0 Å². The minimum absolute atomic E-state index is 0.0473. The van der Waals surface area contributed by atoms with Crippen LogP contribution in [0.1, 0.15) is 16.8 Å². The third-order valence-corrected chi connectivity index (χ3v) is 4.75. The van der Waals surface area contributed by atoms with Crippen LogP contribution in [0.3, 0.4) is 0 Å². The Morgan fingerprint density at radius 3 is 2.25 bits per heavy atom. The topological polar surface area (TPSA) is 59.8 Å². The van der Waals surface area contributed by atoms with Gasteiger partial charge in [0, 0.05) is 18.0 Å². The number of nitrogens with zero attached hydrogens (tertiary/aromatic N) is 3. The lowest BCUT2D eigenvalue weighted by atomic mass is 10.1. The molecular formula is C19H10Cl2F6N4O. The van der Waals surface area contributed by atoms with Gasteiger partial charge in [0.25, 0.3) is 0 Å². The van der Waals surface area contributed by atoms with Gasteiger partial charge >= 0.3 is 12.4 Å². The number of halogens is 8. The Kier molecular flexibility index (Phi) is 6.51. The van der Waals surface area contributed by atoms with Gasteiger partial charge in [0.15, 0.2) is 10.3 Å². The zero-order valence-corrected chi connectivity index (χ0v) is 17.0. The molecule has 0 aliphatic carbocycles. The molecule has 0 radical (unpaired) electrons. The predicted octanol–water partition coefficient (Wildman–Crippen LogP) is 6.26. The molecule has 0 atom stereocenters. The Bertz CT molecular complexity index is 1170. The van der Waals surface area contributed by atoms with Crippen LogP contribution in [0.4, 0.5) is 32.0 Å². The van der Waals surface area contributed by atoms with Crippen LogP contribution in [0.2, 0.25) is 10.3 Å². The highest BCUT2D eigenvalue weighted by molar-refractivity contribution is 6.40.